The maximum Gasteiger partial charge on any atom is 0.243 e. The van der Waals surface area contributed by atoms with Gasteiger partial charge in [0.05, 0.1) is 12.0 Å². The van der Waals surface area contributed by atoms with Gasteiger partial charge < -0.3 is 10.2 Å². The summed E-state index contributed by atoms with van der Waals surface area (Å²) in [5.74, 6) is -0.183. The topological polar surface area (TPSA) is 49.4 Å². The summed E-state index contributed by atoms with van der Waals surface area (Å²) in [6.45, 7) is 4.02. The number of aryl methyl sites for hydroxylation is 1. The van der Waals surface area contributed by atoms with E-state index in [1.807, 2.05) is 56.3 Å². The molecule has 0 radical (unpaired) electrons. The highest BCUT2D eigenvalue weighted by Crippen LogP contribution is 2.42. The zero-order valence-electron chi connectivity index (χ0n) is 16.7. The quantitative estimate of drug-likeness (QED) is 0.781. The van der Waals surface area contributed by atoms with Crippen LogP contribution in [0.15, 0.2) is 42.5 Å². The molecule has 0 unspecified atom stereocenters. The molecule has 28 heavy (non-hydrogen) atoms. The van der Waals surface area contributed by atoms with Crippen molar-refractivity contribution in [1.82, 2.24) is 4.90 Å². The first-order valence-electron chi connectivity index (χ1n) is 9.71. The van der Waals surface area contributed by atoms with E-state index in [0.717, 1.165) is 48.1 Å². The maximum atomic E-state index is 13.4. The van der Waals surface area contributed by atoms with Crippen LogP contribution in [-0.4, -0.2) is 30.3 Å². The van der Waals surface area contributed by atoms with E-state index < -0.39 is 5.41 Å². The molecule has 148 valence electrons. The lowest BCUT2D eigenvalue weighted by atomic mass is 9.77. The molecule has 0 aromatic heterocycles. The van der Waals surface area contributed by atoms with Gasteiger partial charge in [0.15, 0.2) is 0 Å². The zero-order chi connectivity index (χ0) is 20.3. The van der Waals surface area contributed by atoms with E-state index >= 15 is 0 Å². The number of rotatable bonds is 5. The molecule has 1 saturated carbocycles. The second-order valence-corrected chi connectivity index (χ2v) is 8.19. The fraction of sp³-hybridized carbons (Fsp3) is 0.391. The molecule has 0 bridgehead atoms. The van der Waals surface area contributed by atoms with Gasteiger partial charge in [-0.05, 0) is 61.6 Å². The highest BCUT2D eigenvalue weighted by molar-refractivity contribution is 6.30. The molecule has 0 saturated heterocycles. The van der Waals surface area contributed by atoms with Crippen LogP contribution in [0.3, 0.4) is 0 Å². The Labute approximate surface area is 171 Å². The molecular weight excluding hydrogens is 372 g/mol. The Balaban J connectivity index is 1.74. The van der Waals surface area contributed by atoms with Crippen molar-refractivity contribution >= 4 is 29.1 Å². The van der Waals surface area contributed by atoms with Gasteiger partial charge in [-0.3, -0.25) is 9.59 Å². The number of amides is 2. The molecule has 2 aromatic carbocycles. The van der Waals surface area contributed by atoms with Crippen LogP contribution in [0.25, 0.3) is 0 Å². The van der Waals surface area contributed by atoms with E-state index in [9.17, 15) is 9.59 Å². The summed E-state index contributed by atoms with van der Waals surface area (Å²) in [6.07, 6.45) is 3.63. The van der Waals surface area contributed by atoms with Crippen molar-refractivity contribution in [2.45, 2.75) is 44.9 Å². The monoisotopic (exact) mass is 398 g/mol. The lowest BCUT2D eigenvalue weighted by Crippen LogP contribution is -2.46. The number of hydrogen-bond donors (Lipinski definition) is 1. The van der Waals surface area contributed by atoms with Crippen LogP contribution < -0.4 is 5.32 Å². The van der Waals surface area contributed by atoms with E-state index in [2.05, 4.69) is 5.32 Å². The number of likely N-dealkylation sites (N-methyl/N-ethyl adjacent to an activating group) is 1. The number of anilines is 1. The molecule has 4 nitrogen and oxygen atoms in total. The molecule has 0 spiro atoms. The van der Waals surface area contributed by atoms with Crippen molar-refractivity contribution in [3.05, 3.63) is 64.2 Å². The van der Waals surface area contributed by atoms with Gasteiger partial charge in [-0.1, -0.05) is 48.7 Å². The SMILES string of the molecule is Cc1cccc(NC(=O)CN(C)C(=O)C2(c3ccc(Cl)cc3)CCCC2)c1C. The average Bonchev–Trinajstić information content (AvgIpc) is 3.16. The van der Waals surface area contributed by atoms with E-state index in [1.165, 1.54) is 0 Å². The number of hydrogen-bond acceptors (Lipinski definition) is 2. The Morgan fingerprint density at radius 1 is 1.07 bits per heavy atom. The van der Waals surface area contributed by atoms with Gasteiger partial charge in [-0.15, -0.1) is 0 Å². The van der Waals surface area contributed by atoms with Gasteiger partial charge in [0, 0.05) is 17.8 Å². The molecule has 2 aromatic rings. The lowest BCUT2D eigenvalue weighted by molar-refractivity contribution is -0.138. The number of carbonyl (C=O) groups excluding carboxylic acids is 2. The predicted octanol–water partition coefficient (Wildman–Crippen LogP) is 4.87. The minimum absolute atomic E-state index is 0.00318. The third kappa shape index (κ3) is 4.07. The Kier molecular flexibility index (Phi) is 6.09. The third-order valence-corrected chi connectivity index (χ3v) is 6.12. The Morgan fingerprint density at radius 3 is 2.36 bits per heavy atom. The Morgan fingerprint density at radius 2 is 1.71 bits per heavy atom. The van der Waals surface area contributed by atoms with Gasteiger partial charge in [-0.25, -0.2) is 0 Å². The van der Waals surface area contributed by atoms with E-state index in [0.29, 0.717) is 5.02 Å². The second kappa shape index (κ2) is 8.36. The van der Waals surface area contributed by atoms with E-state index in [4.69, 9.17) is 11.6 Å². The van der Waals surface area contributed by atoms with Crippen LogP contribution in [0, 0.1) is 13.8 Å². The lowest BCUT2D eigenvalue weighted by Gasteiger charge is -2.32. The van der Waals surface area contributed by atoms with Crippen molar-refractivity contribution < 1.29 is 9.59 Å². The first-order valence-corrected chi connectivity index (χ1v) is 10.1. The van der Waals surface area contributed by atoms with Crippen LogP contribution >= 0.6 is 11.6 Å². The smallest absolute Gasteiger partial charge is 0.243 e. The summed E-state index contributed by atoms with van der Waals surface area (Å²) in [4.78, 5) is 27.5. The van der Waals surface area contributed by atoms with Crippen molar-refractivity contribution in [2.75, 3.05) is 18.9 Å². The summed E-state index contributed by atoms with van der Waals surface area (Å²) in [5.41, 5.74) is 3.38. The summed E-state index contributed by atoms with van der Waals surface area (Å²) < 4.78 is 0. The molecule has 1 N–H and O–H groups in total. The molecule has 0 aliphatic heterocycles. The third-order valence-electron chi connectivity index (χ3n) is 5.87. The number of nitrogens with one attached hydrogen (secondary N) is 1. The maximum absolute atomic E-state index is 13.4. The Hall–Kier alpha value is -2.33. The normalized spacial score (nSPS) is 15.3. The summed E-state index contributed by atoms with van der Waals surface area (Å²) in [7, 11) is 1.71. The van der Waals surface area contributed by atoms with E-state index in [1.54, 1.807) is 11.9 Å². The molecule has 2 amide bonds. The molecule has 0 atom stereocenters. The fourth-order valence-corrected chi connectivity index (χ4v) is 4.23. The number of halogens is 1. The first kappa shape index (κ1) is 20.4. The van der Waals surface area contributed by atoms with Gasteiger partial charge in [0.1, 0.15) is 0 Å². The molecule has 3 rings (SSSR count). The Bertz CT molecular complexity index is 871. The van der Waals surface area contributed by atoms with Crippen molar-refractivity contribution in [3.8, 4) is 0 Å². The van der Waals surface area contributed by atoms with Crippen LogP contribution in [0.4, 0.5) is 5.69 Å². The summed E-state index contributed by atoms with van der Waals surface area (Å²) >= 11 is 6.03. The van der Waals surface area contributed by atoms with Gasteiger partial charge in [-0.2, -0.15) is 0 Å². The van der Waals surface area contributed by atoms with Gasteiger partial charge in [0.25, 0.3) is 0 Å². The van der Waals surface area contributed by atoms with Crippen molar-refractivity contribution in [1.29, 1.82) is 0 Å². The number of carbonyl (C=O) groups is 2. The molecule has 0 heterocycles. The van der Waals surface area contributed by atoms with Crippen LogP contribution in [0.1, 0.15) is 42.4 Å². The van der Waals surface area contributed by atoms with Crippen LogP contribution in [-0.2, 0) is 15.0 Å². The molecule has 1 fully saturated rings. The van der Waals surface area contributed by atoms with Crippen molar-refractivity contribution in [2.24, 2.45) is 0 Å². The standard InChI is InChI=1S/C23H27ClN2O2/c1-16-7-6-8-20(17(16)2)25-21(27)15-26(3)22(28)23(13-4-5-14-23)18-9-11-19(24)12-10-18/h6-12H,4-5,13-15H2,1-3H3,(H,25,27). The molecular formula is C23H27ClN2O2. The molecule has 1 aliphatic carbocycles. The minimum Gasteiger partial charge on any atom is -0.336 e. The van der Waals surface area contributed by atoms with Gasteiger partial charge in [0.2, 0.25) is 11.8 Å². The van der Waals surface area contributed by atoms with E-state index in [-0.39, 0.29) is 18.4 Å². The summed E-state index contributed by atoms with van der Waals surface area (Å²) in [5, 5.41) is 3.59. The highest BCUT2D eigenvalue weighted by Gasteiger charge is 2.44. The molecule has 1 aliphatic rings. The summed E-state index contributed by atoms with van der Waals surface area (Å²) in [6, 6.07) is 13.4. The van der Waals surface area contributed by atoms with Crippen LogP contribution in [0.2, 0.25) is 5.02 Å². The number of benzene rings is 2. The molecule has 5 heteroatoms. The largest absolute Gasteiger partial charge is 0.336 e. The highest BCUT2D eigenvalue weighted by atomic mass is 35.5. The zero-order valence-corrected chi connectivity index (χ0v) is 17.5. The minimum atomic E-state index is -0.557. The van der Waals surface area contributed by atoms with Crippen LogP contribution in [0.5, 0.6) is 0 Å². The number of nitrogens with zero attached hydrogens (tertiary/aromatic N) is 1. The predicted molar refractivity (Wildman–Crippen MR) is 114 cm³/mol. The fourth-order valence-electron chi connectivity index (χ4n) is 4.10. The van der Waals surface area contributed by atoms with Gasteiger partial charge >= 0.3 is 0 Å². The van der Waals surface area contributed by atoms with Crippen molar-refractivity contribution in [3.63, 3.8) is 0 Å². The average molecular weight is 399 g/mol. The first-order chi connectivity index (χ1) is 13.3. The second-order valence-electron chi connectivity index (χ2n) is 7.75.